The van der Waals surface area contributed by atoms with Crippen molar-refractivity contribution in [2.45, 2.75) is 30.5 Å². The van der Waals surface area contributed by atoms with E-state index in [1.54, 1.807) is 0 Å². The molecule has 0 aromatic carbocycles. The first-order valence-corrected chi connectivity index (χ1v) is 4.47. The van der Waals surface area contributed by atoms with Crippen molar-refractivity contribution in [1.29, 1.82) is 0 Å². The molecule has 0 fully saturated rings. The Labute approximate surface area is 90.8 Å². The van der Waals surface area contributed by atoms with Crippen LogP contribution in [0.5, 0.6) is 0 Å². The van der Waals surface area contributed by atoms with Crippen molar-refractivity contribution in [2.75, 3.05) is 13.2 Å². The summed E-state index contributed by atoms with van der Waals surface area (Å²) in [7, 11) is 0. The molecule has 6 N–H and O–H groups in total. The smallest absolute Gasteiger partial charge is 0.110 e. The molecule has 0 bridgehead atoms. The van der Waals surface area contributed by atoms with Gasteiger partial charge in [0.1, 0.15) is 18.3 Å². The summed E-state index contributed by atoms with van der Waals surface area (Å²) in [5.41, 5.74) is 8.10. The van der Waals surface area contributed by atoms with Crippen LogP contribution in [0.3, 0.4) is 0 Å². The predicted octanol–water partition coefficient (Wildman–Crippen LogP) is -2.91. The van der Waals surface area contributed by atoms with E-state index in [1.807, 2.05) is 0 Å². The van der Waals surface area contributed by atoms with Gasteiger partial charge in [0.2, 0.25) is 0 Å². The minimum absolute atomic E-state index is 0.732. The zero-order valence-corrected chi connectivity index (χ0v) is 8.33. The van der Waals surface area contributed by atoms with Gasteiger partial charge in [-0.1, -0.05) is 5.11 Å². The Morgan fingerprint density at radius 2 is 1.50 bits per heavy atom. The topological polar surface area (TPSA) is 170 Å². The molecule has 0 aliphatic rings. The molecule has 0 aliphatic heterocycles. The van der Waals surface area contributed by atoms with E-state index < -0.39 is 43.7 Å². The van der Waals surface area contributed by atoms with E-state index in [0.29, 0.717) is 0 Å². The molecule has 0 aromatic heterocycles. The lowest BCUT2D eigenvalue weighted by molar-refractivity contribution is -0.121. The predicted molar refractivity (Wildman–Crippen MR) is 51.1 cm³/mol. The largest absolute Gasteiger partial charge is 0.396 e. The van der Waals surface area contributed by atoms with Gasteiger partial charge in [0.05, 0.1) is 25.4 Å². The second-order valence-corrected chi connectivity index (χ2v) is 3.18. The van der Waals surface area contributed by atoms with Crippen molar-refractivity contribution >= 4 is 0 Å². The van der Waals surface area contributed by atoms with Crippen LogP contribution in [0.4, 0.5) is 0 Å². The summed E-state index contributed by atoms with van der Waals surface area (Å²) in [5, 5.41) is 57.2. The number of rotatable bonds is 7. The lowest BCUT2D eigenvalue weighted by atomic mass is 9.99. The Bertz CT molecular complexity index is 246. The molecule has 0 saturated heterocycles. The SMILES string of the molecule is [N-]=[N+]=N[C@H](CO)[C@H](O)[C@@H](O)[C@H](O)[C@H](O)CO. The van der Waals surface area contributed by atoms with Crippen molar-refractivity contribution in [1.82, 2.24) is 0 Å². The molecule has 0 amide bonds. The maximum absolute atomic E-state index is 9.40. The third-order valence-corrected chi connectivity index (χ3v) is 2.06. The summed E-state index contributed by atoms with van der Waals surface area (Å²) in [6, 6.07) is -1.35. The van der Waals surface area contributed by atoms with Gasteiger partial charge >= 0.3 is 0 Å². The van der Waals surface area contributed by atoms with Crippen molar-refractivity contribution in [2.24, 2.45) is 5.11 Å². The second-order valence-electron chi connectivity index (χ2n) is 3.18. The fraction of sp³-hybridized carbons (Fsp3) is 1.00. The highest BCUT2D eigenvalue weighted by Gasteiger charge is 2.34. The molecule has 94 valence electrons. The summed E-state index contributed by atoms with van der Waals surface area (Å²) in [6.07, 6.45) is -7.07. The van der Waals surface area contributed by atoms with Crippen molar-refractivity contribution < 1.29 is 30.6 Å². The fourth-order valence-corrected chi connectivity index (χ4v) is 1.04. The van der Waals surface area contributed by atoms with Gasteiger partial charge in [0, 0.05) is 4.91 Å². The third kappa shape index (κ3) is 3.91. The van der Waals surface area contributed by atoms with E-state index >= 15 is 0 Å². The molecule has 0 rings (SSSR count). The molecular formula is C7H15N3O6. The van der Waals surface area contributed by atoms with Crippen molar-refractivity contribution in [3.8, 4) is 0 Å². The lowest BCUT2D eigenvalue weighted by Gasteiger charge is -2.27. The highest BCUT2D eigenvalue weighted by Crippen LogP contribution is 2.10. The van der Waals surface area contributed by atoms with Crippen LogP contribution in [0, 0.1) is 0 Å². The average molecular weight is 237 g/mol. The molecular weight excluding hydrogens is 222 g/mol. The quantitative estimate of drug-likeness (QED) is 0.157. The number of nitrogens with zero attached hydrogens (tertiary/aromatic N) is 3. The van der Waals surface area contributed by atoms with E-state index in [9.17, 15) is 15.3 Å². The van der Waals surface area contributed by atoms with Gasteiger partial charge in [-0.05, 0) is 5.53 Å². The molecule has 0 heterocycles. The zero-order valence-electron chi connectivity index (χ0n) is 8.33. The number of aliphatic hydroxyl groups excluding tert-OH is 6. The lowest BCUT2D eigenvalue weighted by Crippen LogP contribution is -2.50. The molecule has 0 aliphatic carbocycles. The standard InChI is InChI=1S/C7H15N3O6/c8-10-9-3(1-11)5(14)7(16)6(15)4(13)2-12/h3-7,11-16H,1-2H2/t3-,4-,5+,6-,7-/m1/s1. The van der Waals surface area contributed by atoms with Gasteiger partial charge in [-0.15, -0.1) is 0 Å². The normalized spacial score (nSPS) is 20.4. The molecule has 16 heavy (non-hydrogen) atoms. The van der Waals surface area contributed by atoms with Crippen LogP contribution in [0.2, 0.25) is 0 Å². The van der Waals surface area contributed by atoms with Crippen LogP contribution < -0.4 is 0 Å². The summed E-state index contributed by atoms with van der Waals surface area (Å²) in [6.45, 7) is -1.54. The van der Waals surface area contributed by atoms with E-state index in [-0.39, 0.29) is 0 Å². The third-order valence-electron chi connectivity index (χ3n) is 2.06. The van der Waals surface area contributed by atoms with Gasteiger partial charge in [-0.25, -0.2) is 0 Å². The van der Waals surface area contributed by atoms with Gasteiger partial charge in [0.15, 0.2) is 0 Å². The monoisotopic (exact) mass is 237 g/mol. The Hall–Kier alpha value is -0.930. The molecule has 0 radical (unpaired) electrons. The number of hydrogen-bond acceptors (Lipinski definition) is 7. The van der Waals surface area contributed by atoms with Crippen LogP contribution >= 0.6 is 0 Å². The minimum Gasteiger partial charge on any atom is -0.396 e. The number of aliphatic hydroxyl groups is 6. The van der Waals surface area contributed by atoms with Crippen LogP contribution in [0.15, 0.2) is 5.11 Å². The van der Waals surface area contributed by atoms with E-state index in [2.05, 4.69) is 10.0 Å². The van der Waals surface area contributed by atoms with Crippen LogP contribution in [0.1, 0.15) is 0 Å². The highest BCUT2D eigenvalue weighted by atomic mass is 16.4. The Balaban J connectivity index is 4.56. The van der Waals surface area contributed by atoms with Crippen molar-refractivity contribution in [3.63, 3.8) is 0 Å². The van der Waals surface area contributed by atoms with E-state index in [0.717, 1.165) is 0 Å². The summed E-state index contributed by atoms with van der Waals surface area (Å²) >= 11 is 0. The van der Waals surface area contributed by atoms with E-state index in [4.69, 9.17) is 20.9 Å². The van der Waals surface area contributed by atoms with Gasteiger partial charge in [0.25, 0.3) is 0 Å². The molecule has 9 heteroatoms. The van der Waals surface area contributed by atoms with E-state index in [1.165, 1.54) is 0 Å². The first kappa shape index (κ1) is 15.1. The fourth-order valence-electron chi connectivity index (χ4n) is 1.04. The first-order chi connectivity index (χ1) is 7.49. The molecule has 0 unspecified atom stereocenters. The number of azide groups is 1. The summed E-state index contributed by atoms with van der Waals surface area (Å²) < 4.78 is 0. The van der Waals surface area contributed by atoms with Crippen LogP contribution in [-0.4, -0.2) is 74.3 Å². The zero-order chi connectivity index (χ0) is 12.7. The summed E-state index contributed by atoms with van der Waals surface area (Å²) in [4.78, 5) is 2.34. The van der Waals surface area contributed by atoms with Gasteiger partial charge in [-0.2, -0.15) is 0 Å². The van der Waals surface area contributed by atoms with Crippen LogP contribution in [-0.2, 0) is 0 Å². The second kappa shape index (κ2) is 7.36. The molecule has 0 saturated carbocycles. The Morgan fingerprint density at radius 1 is 0.938 bits per heavy atom. The Morgan fingerprint density at radius 3 is 1.88 bits per heavy atom. The minimum atomic E-state index is -1.86. The van der Waals surface area contributed by atoms with Crippen LogP contribution in [0.25, 0.3) is 10.4 Å². The van der Waals surface area contributed by atoms with Gasteiger partial charge in [-0.3, -0.25) is 0 Å². The maximum Gasteiger partial charge on any atom is 0.110 e. The molecule has 5 atom stereocenters. The number of hydrogen-bond donors (Lipinski definition) is 6. The first-order valence-electron chi connectivity index (χ1n) is 4.47. The molecule has 0 aromatic rings. The molecule has 9 nitrogen and oxygen atoms in total. The summed E-state index contributed by atoms with van der Waals surface area (Å²) in [5.74, 6) is 0. The van der Waals surface area contributed by atoms with Crippen molar-refractivity contribution in [3.05, 3.63) is 10.4 Å². The maximum atomic E-state index is 9.40. The average Bonchev–Trinajstić information content (AvgIpc) is 2.32. The highest BCUT2D eigenvalue weighted by molar-refractivity contribution is 4.87. The van der Waals surface area contributed by atoms with Gasteiger partial charge < -0.3 is 30.6 Å². The Kier molecular flexibility index (Phi) is 6.93. The molecule has 0 spiro atoms.